The Hall–Kier alpha value is -3.38. The van der Waals surface area contributed by atoms with Crippen LogP contribution in [0.25, 0.3) is 11.0 Å². The van der Waals surface area contributed by atoms with Crippen LogP contribution < -0.4 is 4.90 Å². The highest BCUT2D eigenvalue weighted by Gasteiger charge is 2.25. The Morgan fingerprint density at radius 3 is 2.67 bits per heavy atom. The number of rotatable bonds is 4. The topological polar surface area (TPSA) is 61.4 Å². The number of aromatic nitrogens is 2. The molecule has 1 aliphatic rings. The number of ether oxygens (including phenoxy) is 1. The number of anilines is 1. The minimum atomic E-state index is -0.436. The summed E-state index contributed by atoms with van der Waals surface area (Å²) < 4.78 is 19.6. The van der Waals surface area contributed by atoms with Gasteiger partial charge in [-0.2, -0.15) is 0 Å². The van der Waals surface area contributed by atoms with Gasteiger partial charge in [0.25, 0.3) is 0 Å². The molecule has 1 aromatic heterocycles. The maximum absolute atomic E-state index is 14.1. The third kappa shape index (κ3) is 3.50. The second-order valence-electron chi connectivity index (χ2n) is 7.47. The van der Waals surface area contributed by atoms with Crippen LogP contribution in [0.3, 0.4) is 0 Å². The van der Waals surface area contributed by atoms with Crippen LogP contribution in [-0.2, 0) is 4.74 Å². The molecular weight excluding hydrogens is 381 g/mol. The fourth-order valence-corrected chi connectivity index (χ4v) is 4.07. The molecule has 4 aromatic rings. The highest BCUT2D eigenvalue weighted by atomic mass is 19.1. The second kappa shape index (κ2) is 7.80. The van der Waals surface area contributed by atoms with Gasteiger partial charge in [-0.05, 0) is 48.0 Å². The summed E-state index contributed by atoms with van der Waals surface area (Å²) in [4.78, 5) is 10.4. The number of morpholine rings is 1. The standard InChI is InChI=1S/C24H22FN3O2/c25-17-8-9-22(29)19(15-17)23(24-26-20-6-1-2-7-21(20)27-24)16-4-3-5-18(14-16)28-10-12-30-13-11-28/h1-9,14-15,23,29H,10-13H2,(H,26,27). The van der Waals surface area contributed by atoms with E-state index in [-0.39, 0.29) is 5.75 Å². The minimum absolute atomic E-state index is 0.0404. The number of hydrogen-bond donors (Lipinski definition) is 2. The largest absolute Gasteiger partial charge is 0.508 e. The van der Waals surface area contributed by atoms with Crippen molar-refractivity contribution in [2.75, 3.05) is 31.2 Å². The fraction of sp³-hybridized carbons (Fsp3) is 0.208. The zero-order valence-electron chi connectivity index (χ0n) is 16.4. The first-order valence-electron chi connectivity index (χ1n) is 10.0. The predicted octanol–water partition coefficient (Wildman–Crippen LogP) is 4.42. The lowest BCUT2D eigenvalue weighted by molar-refractivity contribution is 0.122. The zero-order chi connectivity index (χ0) is 20.5. The van der Waals surface area contributed by atoms with E-state index < -0.39 is 11.7 Å². The summed E-state index contributed by atoms with van der Waals surface area (Å²) in [6.45, 7) is 3.04. The van der Waals surface area contributed by atoms with Crippen LogP contribution in [0.15, 0.2) is 66.7 Å². The number of nitrogens with zero attached hydrogens (tertiary/aromatic N) is 2. The highest BCUT2D eigenvalue weighted by molar-refractivity contribution is 5.75. The second-order valence-corrected chi connectivity index (χ2v) is 7.47. The Morgan fingerprint density at radius 2 is 1.83 bits per heavy atom. The van der Waals surface area contributed by atoms with Gasteiger partial charge < -0.3 is 19.7 Å². The number of nitrogens with one attached hydrogen (secondary N) is 1. The normalized spacial score (nSPS) is 15.4. The number of aromatic hydroxyl groups is 1. The Bertz CT molecular complexity index is 1150. The molecule has 2 heterocycles. The van der Waals surface area contributed by atoms with Gasteiger partial charge in [-0.15, -0.1) is 0 Å². The van der Waals surface area contributed by atoms with Crippen molar-refractivity contribution in [3.8, 4) is 5.75 Å². The van der Waals surface area contributed by atoms with Crippen molar-refractivity contribution < 1.29 is 14.2 Å². The first kappa shape index (κ1) is 18.6. The molecule has 1 saturated heterocycles. The first-order valence-corrected chi connectivity index (χ1v) is 10.0. The van der Waals surface area contributed by atoms with E-state index >= 15 is 0 Å². The van der Waals surface area contributed by atoms with Crippen molar-refractivity contribution in [1.82, 2.24) is 9.97 Å². The van der Waals surface area contributed by atoms with Gasteiger partial charge in [-0.3, -0.25) is 0 Å². The number of halogens is 1. The summed E-state index contributed by atoms with van der Waals surface area (Å²) in [7, 11) is 0. The number of benzene rings is 3. The molecule has 0 amide bonds. The molecule has 0 bridgehead atoms. The molecule has 0 radical (unpaired) electrons. The van der Waals surface area contributed by atoms with E-state index in [1.165, 1.54) is 18.2 Å². The monoisotopic (exact) mass is 403 g/mol. The Kier molecular flexibility index (Phi) is 4.85. The number of hydrogen-bond acceptors (Lipinski definition) is 4. The van der Waals surface area contributed by atoms with Crippen molar-refractivity contribution >= 4 is 16.7 Å². The highest BCUT2D eigenvalue weighted by Crippen LogP contribution is 2.38. The van der Waals surface area contributed by atoms with Gasteiger partial charge in [0.05, 0.1) is 30.2 Å². The van der Waals surface area contributed by atoms with Crippen LogP contribution in [0.2, 0.25) is 0 Å². The lowest BCUT2D eigenvalue weighted by Gasteiger charge is -2.29. The Labute approximate surface area is 173 Å². The Balaban J connectivity index is 1.65. The number of fused-ring (bicyclic) bond motifs is 1. The molecule has 1 unspecified atom stereocenters. The quantitative estimate of drug-likeness (QED) is 0.529. The van der Waals surface area contributed by atoms with Crippen molar-refractivity contribution in [2.45, 2.75) is 5.92 Å². The van der Waals surface area contributed by atoms with Crippen molar-refractivity contribution in [1.29, 1.82) is 0 Å². The van der Waals surface area contributed by atoms with Gasteiger partial charge in [-0.1, -0.05) is 24.3 Å². The van der Waals surface area contributed by atoms with Gasteiger partial charge in [0, 0.05) is 24.3 Å². The van der Waals surface area contributed by atoms with E-state index in [4.69, 9.17) is 9.72 Å². The van der Waals surface area contributed by atoms with E-state index in [0.717, 1.165) is 35.4 Å². The molecule has 0 saturated carbocycles. The number of phenolic OH excluding ortho intramolecular Hbond substituents is 1. The maximum Gasteiger partial charge on any atom is 0.123 e. The van der Waals surface area contributed by atoms with E-state index in [1.807, 2.05) is 36.4 Å². The molecular formula is C24H22FN3O2. The molecule has 3 aromatic carbocycles. The zero-order valence-corrected chi connectivity index (χ0v) is 16.4. The molecule has 2 N–H and O–H groups in total. The van der Waals surface area contributed by atoms with E-state index in [2.05, 4.69) is 22.0 Å². The molecule has 30 heavy (non-hydrogen) atoms. The molecule has 5 rings (SSSR count). The molecule has 0 aliphatic carbocycles. The molecule has 6 heteroatoms. The summed E-state index contributed by atoms with van der Waals surface area (Å²) in [6, 6.07) is 19.9. The summed E-state index contributed by atoms with van der Waals surface area (Å²) in [6.07, 6.45) is 0. The van der Waals surface area contributed by atoms with Crippen LogP contribution in [0.1, 0.15) is 22.9 Å². The average Bonchev–Trinajstić information content (AvgIpc) is 3.21. The van der Waals surface area contributed by atoms with Gasteiger partial charge in [0.15, 0.2) is 0 Å². The molecule has 152 valence electrons. The Morgan fingerprint density at radius 1 is 1.00 bits per heavy atom. The molecule has 0 spiro atoms. The third-order valence-corrected chi connectivity index (χ3v) is 5.56. The molecule has 1 atom stereocenters. The number of imidazole rings is 1. The van der Waals surface area contributed by atoms with Crippen LogP contribution in [0.4, 0.5) is 10.1 Å². The number of phenols is 1. The number of para-hydroxylation sites is 2. The number of H-pyrrole nitrogens is 1. The van der Waals surface area contributed by atoms with Gasteiger partial charge in [-0.25, -0.2) is 9.37 Å². The number of aromatic amines is 1. The minimum Gasteiger partial charge on any atom is -0.508 e. The van der Waals surface area contributed by atoms with Crippen LogP contribution in [0.5, 0.6) is 5.75 Å². The first-order chi connectivity index (χ1) is 14.7. The third-order valence-electron chi connectivity index (χ3n) is 5.56. The van der Waals surface area contributed by atoms with Crippen LogP contribution in [0, 0.1) is 5.82 Å². The lowest BCUT2D eigenvalue weighted by Crippen LogP contribution is -2.36. The van der Waals surface area contributed by atoms with Gasteiger partial charge in [0.2, 0.25) is 0 Å². The summed E-state index contributed by atoms with van der Waals surface area (Å²) >= 11 is 0. The molecule has 1 fully saturated rings. The van der Waals surface area contributed by atoms with Gasteiger partial charge in [0.1, 0.15) is 17.4 Å². The summed E-state index contributed by atoms with van der Waals surface area (Å²) in [5.74, 6) is -0.128. The van der Waals surface area contributed by atoms with E-state index in [9.17, 15) is 9.50 Å². The van der Waals surface area contributed by atoms with Crippen LogP contribution >= 0.6 is 0 Å². The van der Waals surface area contributed by atoms with Crippen molar-refractivity contribution in [3.05, 3.63) is 89.5 Å². The molecule has 1 aliphatic heterocycles. The SMILES string of the molecule is Oc1ccc(F)cc1C(c1cccc(N2CCOCC2)c1)c1nc2ccccc2[nH]1. The summed E-state index contributed by atoms with van der Waals surface area (Å²) in [5, 5.41) is 10.6. The van der Waals surface area contributed by atoms with Crippen molar-refractivity contribution in [3.63, 3.8) is 0 Å². The summed E-state index contributed by atoms with van der Waals surface area (Å²) in [5.41, 5.74) is 4.22. The average molecular weight is 403 g/mol. The smallest absolute Gasteiger partial charge is 0.123 e. The predicted molar refractivity (Wildman–Crippen MR) is 115 cm³/mol. The lowest BCUT2D eigenvalue weighted by atomic mass is 9.89. The van der Waals surface area contributed by atoms with E-state index in [0.29, 0.717) is 24.6 Å². The van der Waals surface area contributed by atoms with E-state index in [1.54, 1.807) is 0 Å². The van der Waals surface area contributed by atoms with Crippen molar-refractivity contribution in [2.24, 2.45) is 0 Å². The van der Waals surface area contributed by atoms with Gasteiger partial charge >= 0.3 is 0 Å². The maximum atomic E-state index is 14.1. The van der Waals surface area contributed by atoms with Crippen LogP contribution in [-0.4, -0.2) is 41.4 Å². The molecule has 5 nitrogen and oxygen atoms in total. The fourth-order valence-electron chi connectivity index (χ4n) is 4.07.